The van der Waals surface area contributed by atoms with Gasteiger partial charge in [0, 0.05) is 17.1 Å². The summed E-state index contributed by atoms with van der Waals surface area (Å²) >= 11 is 5.80. The number of carbonyl (C=O) groups excluding carboxylic acids is 1. The highest BCUT2D eigenvalue weighted by molar-refractivity contribution is 6.30. The third-order valence-corrected chi connectivity index (χ3v) is 3.70. The first-order valence-corrected chi connectivity index (χ1v) is 7.07. The molecule has 0 radical (unpaired) electrons. The highest BCUT2D eigenvalue weighted by Gasteiger charge is 2.24. The second kappa shape index (κ2) is 6.51. The molecule has 0 aliphatic carbocycles. The van der Waals surface area contributed by atoms with Crippen LogP contribution in [0, 0.1) is 18.3 Å². The highest BCUT2D eigenvalue weighted by atomic mass is 35.5. The Labute approximate surface area is 137 Å². The van der Waals surface area contributed by atoms with Crippen molar-refractivity contribution in [2.24, 2.45) is 0 Å². The summed E-state index contributed by atoms with van der Waals surface area (Å²) in [6.07, 6.45) is 1.40. The van der Waals surface area contributed by atoms with Crippen molar-refractivity contribution in [3.63, 3.8) is 0 Å². The van der Waals surface area contributed by atoms with Crippen LogP contribution in [0.2, 0.25) is 5.02 Å². The Hall–Kier alpha value is -2.84. The molecule has 23 heavy (non-hydrogen) atoms. The van der Waals surface area contributed by atoms with Gasteiger partial charge in [0.2, 0.25) is 5.88 Å². The van der Waals surface area contributed by atoms with E-state index in [-0.39, 0.29) is 23.2 Å². The van der Waals surface area contributed by atoms with Gasteiger partial charge in [0.25, 0.3) is 5.56 Å². The monoisotopic (exact) mass is 328 g/mol. The van der Waals surface area contributed by atoms with Crippen molar-refractivity contribution in [2.75, 3.05) is 0 Å². The van der Waals surface area contributed by atoms with Gasteiger partial charge in [0.1, 0.15) is 11.6 Å². The van der Waals surface area contributed by atoms with Gasteiger partial charge in [-0.3, -0.25) is 14.2 Å². The van der Waals surface area contributed by atoms with Crippen LogP contribution < -0.4 is 5.56 Å². The van der Waals surface area contributed by atoms with Crippen molar-refractivity contribution in [3.05, 3.63) is 74.6 Å². The van der Waals surface area contributed by atoms with Gasteiger partial charge >= 0.3 is 0 Å². The van der Waals surface area contributed by atoms with E-state index in [9.17, 15) is 20.0 Å². The largest absolute Gasteiger partial charge is 0.494 e. The lowest BCUT2D eigenvalue weighted by atomic mass is 9.97. The molecule has 0 bridgehead atoms. The summed E-state index contributed by atoms with van der Waals surface area (Å²) < 4.78 is 0.946. The Balaban J connectivity index is 2.76. The molecule has 5 nitrogen and oxygen atoms in total. The highest BCUT2D eigenvalue weighted by Crippen LogP contribution is 2.25. The van der Waals surface area contributed by atoms with Crippen LogP contribution in [0.3, 0.4) is 0 Å². The molecule has 0 unspecified atom stereocenters. The predicted molar refractivity (Wildman–Crippen MR) is 86.9 cm³/mol. The van der Waals surface area contributed by atoms with Crippen LogP contribution in [0.1, 0.15) is 27.0 Å². The SMILES string of the molecule is C=CCn1c(O)c(C(=O)c2ccc(Cl)cc2)c(C)c(C#N)c1=O. The molecule has 2 aromatic rings. The number of nitrogens with zero attached hydrogens (tertiary/aromatic N) is 2. The first-order valence-electron chi connectivity index (χ1n) is 6.70. The number of allylic oxidation sites excluding steroid dienone is 1. The zero-order chi connectivity index (χ0) is 17.1. The minimum Gasteiger partial charge on any atom is -0.494 e. The maximum absolute atomic E-state index is 12.7. The van der Waals surface area contributed by atoms with Crippen molar-refractivity contribution in [3.8, 4) is 11.9 Å². The molecule has 1 heterocycles. The van der Waals surface area contributed by atoms with Gasteiger partial charge in [0.05, 0.1) is 5.56 Å². The number of hydrogen-bond acceptors (Lipinski definition) is 4. The molecule has 0 spiro atoms. The van der Waals surface area contributed by atoms with Crippen LogP contribution in [0.25, 0.3) is 0 Å². The van der Waals surface area contributed by atoms with Crippen LogP contribution in [0.15, 0.2) is 41.7 Å². The number of carbonyl (C=O) groups is 1. The fourth-order valence-corrected chi connectivity index (χ4v) is 2.39. The van der Waals surface area contributed by atoms with Crippen molar-refractivity contribution in [1.82, 2.24) is 4.57 Å². The number of ketones is 1. The first-order chi connectivity index (χ1) is 10.9. The fourth-order valence-electron chi connectivity index (χ4n) is 2.27. The molecule has 1 aromatic carbocycles. The summed E-state index contributed by atoms with van der Waals surface area (Å²) in [5.41, 5.74) is -0.474. The Morgan fingerprint density at radius 3 is 2.57 bits per heavy atom. The molecular formula is C17H13ClN2O3. The number of rotatable bonds is 4. The number of hydrogen-bond donors (Lipinski definition) is 1. The van der Waals surface area contributed by atoms with Gasteiger partial charge in [-0.2, -0.15) is 5.26 Å². The maximum Gasteiger partial charge on any atom is 0.271 e. The Morgan fingerprint density at radius 1 is 1.43 bits per heavy atom. The van der Waals surface area contributed by atoms with E-state index in [4.69, 9.17) is 11.6 Å². The van der Waals surface area contributed by atoms with E-state index < -0.39 is 17.2 Å². The number of aromatic hydroxyl groups is 1. The smallest absolute Gasteiger partial charge is 0.271 e. The van der Waals surface area contributed by atoms with Crippen molar-refractivity contribution < 1.29 is 9.90 Å². The van der Waals surface area contributed by atoms with Crippen molar-refractivity contribution >= 4 is 17.4 Å². The van der Waals surface area contributed by atoms with Gasteiger partial charge in [0.15, 0.2) is 5.78 Å². The zero-order valence-electron chi connectivity index (χ0n) is 12.3. The standard InChI is InChI=1S/C17H13ClN2O3/c1-3-8-20-16(22)13(9-19)10(2)14(17(20)23)15(21)11-4-6-12(18)7-5-11/h3-7,23H,1,8H2,2H3. The van der Waals surface area contributed by atoms with Gasteiger partial charge in [-0.15, -0.1) is 6.58 Å². The summed E-state index contributed by atoms with van der Waals surface area (Å²) in [4.78, 5) is 24.9. The van der Waals surface area contributed by atoms with Crippen LogP contribution in [-0.4, -0.2) is 15.5 Å². The Kier molecular flexibility index (Phi) is 4.68. The van der Waals surface area contributed by atoms with E-state index in [1.54, 1.807) is 18.2 Å². The summed E-state index contributed by atoms with van der Waals surface area (Å²) in [6, 6.07) is 7.91. The predicted octanol–water partition coefficient (Wildman–Crippen LogP) is 2.80. The summed E-state index contributed by atoms with van der Waals surface area (Å²) in [7, 11) is 0. The van der Waals surface area contributed by atoms with Gasteiger partial charge in [-0.25, -0.2) is 0 Å². The molecular weight excluding hydrogens is 316 g/mol. The third kappa shape index (κ3) is 2.89. The Morgan fingerprint density at radius 2 is 2.04 bits per heavy atom. The van der Waals surface area contributed by atoms with Crippen molar-refractivity contribution in [1.29, 1.82) is 5.26 Å². The van der Waals surface area contributed by atoms with E-state index in [1.165, 1.54) is 25.1 Å². The molecule has 0 fully saturated rings. The quantitative estimate of drug-likeness (QED) is 0.691. The van der Waals surface area contributed by atoms with E-state index in [2.05, 4.69) is 6.58 Å². The second-order valence-corrected chi connectivity index (χ2v) is 5.29. The van der Waals surface area contributed by atoms with Gasteiger partial charge < -0.3 is 5.11 Å². The van der Waals surface area contributed by atoms with Crippen LogP contribution in [-0.2, 0) is 6.54 Å². The average molecular weight is 329 g/mol. The van der Waals surface area contributed by atoms with Crippen molar-refractivity contribution in [2.45, 2.75) is 13.5 Å². The first kappa shape index (κ1) is 16.5. The lowest BCUT2D eigenvalue weighted by Gasteiger charge is -2.14. The molecule has 0 saturated heterocycles. The lowest BCUT2D eigenvalue weighted by Crippen LogP contribution is -2.26. The minimum absolute atomic E-state index is 0.0134. The molecule has 1 aromatic heterocycles. The maximum atomic E-state index is 12.7. The van der Waals surface area contributed by atoms with E-state index in [1.807, 2.05) is 0 Å². The number of halogens is 1. The average Bonchev–Trinajstić information content (AvgIpc) is 2.52. The molecule has 0 aliphatic heterocycles. The van der Waals surface area contributed by atoms with Crippen LogP contribution >= 0.6 is 11.6 Å². The summed E-state index contributed by atoms with van der Waals surface area (Å²) in [5.74, 6) is -0.975. The van der Waals surface area contributed by atoms with Crippen LogP contribution in [0.4, 0.5) is 0 Å². The molecule has 6 heteroatoms. The molecule has 0 saturated carbocycles. The third-order valence-electron chi connectivity index (χ3n) is 3.45. The molecule has 1 N–H and O–H groups in total. The molecule has 0 amide bonds. The van der Waals surface area contributed by atoms with Crippen LogP contribution in [0.5, 0.6) is 5.88 Å². The minimum atomic E-state index is -0.657. The summed E-state index contributed by atoms with van der Waals surface area (Å²) in [5, 5.41) is 20.0. The fraction of sp³-hybridized carbons (Fsp3) is 0.118. The van der Waals surface area contributed by atoms with E-state index >= 15 is 0 Å². The second-order valence-electron chi connectivity index (χ2n) is 4.85. The summed E-state index contributed by atoms with van der Waals surface area (Å²) in [6.45, 7) is 4.95. The van der Waals surface area contributed by atoms with E-state index in [0.29, 0.717) is 10.6 Å². The number of aromatic nitrogens is 1. The van der Waals surface area contributed by atoms with E-state index in [0.717, 1.165) is 4.57 Å². The Bertz CT molecular complexity index is 890. The molecule has 116 valence electrons. The van der Waals surface area contributed by atoms with Gasteiger partial charge in [-0.05, 0) is 36.8 Å². The molecule has 2 rings (SSSR count). The topological polar surface area (TPSA) is 83.1 Å². The van der Waals surface area contributed by atoms with Gasteiger partial charge in [-0.1, -0.05) is 17.7 Å². The molecule has 0 aliphatic rings. The normalized spacial score (nSPS) is 10.1. The number of pyridine rings is 1. The zero-order valence-corrected chi connectivity index (χ0v) is 13.1. The lowest BCUT2D eigenvalue weighted by molar-refractivity contribution is 0.103. The molecule has 0 atom stereocenters. The number of benzene rings is 1. The number of nitriles is 1.